The van der Waals surface area contributed by atoms with E-state index in [1.165, 1.54) is 12.8 Å². The van der Waals surface area contributed by atoms with Crippen molar-refractivity contribution in [1.82, 2.24) is 0 Å². The number of Topliss-reactive ketones (excluding diaryl/α,β-unsaturated/α-hetero) is 3. The van der Waals surface area contributed by atoms with E-state index < -0.39 is 11.3 Å². The Morgan fingerprint density at radius 2 is 1.65 bits per heavy atom. The van der Waals surface area contributed by atoms with Gasteiger partial charge in [0.25, 0.3) is 0 Å². The van der Waals surface area contributed by atoms with E-state index in [-0.39, 0.29) is 46.1 Å². The summed E-state index contributed by atoms with van der Waals surface area (Å²) in [6, 6.07) is 0. The van der Waals surface area contributed by atoms with Gasteiger partial charge < -0.3 is 0 Å². The predicted molar refractivity (Wildman–Crippen MR) is 123 cm³/mol. The van der Waals surface area contributed by atoms with E-state index in [1.807, 2.05) is 0 Å². The summed E-state index contributed by atoms with van der Waals surface area (Å²) in [4.78, 5) is 40.6. The maximum absolute atomic E-state index is 14.2. The lowest BCUT2D eigenvalue weighted by molar-refractivity contribution is -0.202. The van der Waals surface area contributed by atoms with E-state index in [2.05, 4.69) is 48.5 Å². The maximum Gasteiger partial charge on any atom is 0.150 e. The minimum absolute atomic E-state index is 0.00281. The van der Waals surface area contributed by atoms with Crippen LogP contribution < -0.4 is 0 Å². The Bertz CT molecular complexity index is 800. The molecule has 4 aliphatic rings. The van der Waals surface area contributed by atoms with Gasteiger partial charge in [-0.15, -0.1) is 0 Å². The molecule has 0 radical (unpaired) electrons. The van der Waals surface area contributed by atoms with E-state index in [0.29, 0.717) is 23.5 Å². The number of hydrogen-bond acceptors (Lipinski definition) is 3. The van der Waals surface area contributed by atoms with Gasteiger partial charge in [-0.3, -0.25) is 14.4 Å². The van der Waals surface area contributed by atoms with Crippen LogP contribution in [0.25, 0.3) is 0 Å². The van der Waals surface area contributed by atoms with Crippen LogP contribution in [0.3, 0.4) is 0 Å². The smallest absolute Gasteiger partial charge is 0.150 e. The first kappa shape index (κ1) is 23.2. The summed E-state index contributed by atoms with van der Waals surface area (Å²) in [5.74, 6) is 1.85. The first-order valence-corrected chi connectivity index (χ1v) is 12.9. The molecule has 31 heavy (non-hydrogen) atoms. The van der Waals surface area contributed by atoms with Crippen LogP contribution in [0.2, 0.25) is 0 Å². The molecule has 3 nitrogen and oxygen atoms in total. The van der Waals surface area contributed by atoms with E-state index >= 15 is 0 Å². The van der Waals surface area contributed by atoms with Crippen molar-refractivity contribution in [2.75, 3.05) is 0 Å². The molecule has 174 valence electrons. The zero-order valence-corrected chi connectivity index (χ0v) is 21.1. The highest BCUT2D eigenvalue weighted by Crippen LogP contribution is 2.71. The number of ketones is 3. The Morgan fingerprint density at radius 3 is 2.23 bits per heavy atom. The van der Waals surface area contributed by atoms with E-state index in [0.717, 1.165) is 25.7 Å². The van der Waals surface area contributed by atoms with Crippen LogP contribution >= 0.6 is 0 Å². The van der Waals surface area contributed by atoms with Crippen molar-refractivity contribution in [2.45, 2.75) is 93.9 Å². The second-order valence-corrected chi connectivity index (χ2v) is 13.0. The van der Waals surface area contributed by atoms with Crippen LogP contribution in [-0.2, 0) is 14.4 Å². The maximum atomic E-state index is 14.2. The lowest BCUT2D eigenvalue weighted by Gasteiger charge is -2.68. The molecule has 0 heterocycles. The van der Waals surface area contributed by atoms with Gasteiger partial charge in [-0.2, -0.15) is 0 Å². The fourth-order valence-corrected chi connectivity index (χ4v) is 9.89. The highest BCUT2D eigenvalue weighted by Gasteiger charge is 2.70. The molecule has 0 amide bonds. The molecule has 0 bridgehead atoms. The molecule has 0 aliphatic heterocycles. The Balaban J connectivity index is 1.80. The van der Waals surface area contributed by atoms with Gasteiger partial charge in [0.05, 0.1) is 5.92 Å². The Hall–Kier alpha value is -0.990. The van der Waals surface area contributed by atoms with E-state index in [1.54, 1.807) is 6.92 Å². The molecule has 4 aliphatic carbocycles. The van der Waals surface area contributed by atoms with Crippen LogP contribution in [0, 0.1) is 63.6 Å². The summed E-state index contributed by atoms with van der Waals surface area (Å²) < 4.78 is 0. The third-order valence-corrected chi connectivity index (χ3v) is 11.3. The summed E-state index contributed by atoms with van der Waals surface area (Å²) in [7, 11) is 0. The number of hydrogen-bond donors (Lipinski definition) is 0. The van der Waals surface area contributed by atoms with Crippen molar-refractivity contribution in [3.05, 3.63) is 0 Å². The molecule has 3 heteroatoms. The fraction of sp³-hybridized carbons (Fsp3) is 0.893. The average Bonchev–Trinajstić information content (AvgIpc) is 2.64. The fourth-order valence-electron chi connectivity index (χ4n) is 9.89. The summed E-state index contributed by atoms with van der Waals surface area (Å²) in [6.45, 7) is 17.2. The third kappa shape index (κ3) is 2.93. The summed E-state index contributed by atoms with van der Waals surface area (Å²) in [5, 5.41) is 0. The Kier molecular flexibility index (Phi) is 5.42. The Morgan fingerprint density at radius 1 is 1.00 bits per heavy atom. The van der Waals surface area contributed by atoms with Gasteiger partial charge in [0.1, 0.15) is 17.3 Å². The molecular formula is C28H44O3. The van der Waals surface area contributed by atoms with Gasteiger partial charge in [0.2, 0.25) is 0 Å². The van der Waals surface area contributed by atoms with Crippen LogP contribution in [-0.4, -0.2) is 17.3 Å². The van der Waals surface area contributed by atoms with Crippen molar-refractivity contribution in [2.24, 2.45) is 63.6 Å². The van der Waals surface area contributed by atoms with Gasteiger partial charge >= 0.3 is 0 Å². The Labute approximate surface area is 189 Å². The monoisotopic (exact) mass is 428 g/mol. The van der Waals surface area contributed by atoms with Crippen molar-refractivity contribution < 1.29 is 14.4 Å². The number of rotatable bonds is 2. The topological polar surface area (TPSA) is 51.2 Å². The zero-order chi connectivity index (χ0) is 23.1. The van der Waals surface area contributed by atoms with Gasteiger partial charge in [-0.05, 0) is 79.4 Å². The molecule has 0 aromatic rings. The normalized spacial score (nSPS) is 54.6. The van der Waals surface area contributed by atoms with Gasteiger partial charge in [-0.25, -0.2) is 0 Å². The molecular weight excluding hydrogens is 384 g/mol. The van der Waals surface area contributed by atoms with Crippen molar-refractivity contribution in [3.63, 3.8) is 0 Å². The molecule has 4 rings (SSSR count). The molecule has 0 N–H and O–H groups in total. The average molecular weight is 429 g/mol. The summed E-state index contributed by atoms with van der Waals surface area (Å²) >= 11 is 0. The lowest BCUT2D eigenvalue weighted by Crippen LogP contribution is -2.68. The third-order valence-electron chi connectivity index (χ3n) is 11.3. The van der Waals surface area contributed by atoms with Crippen LogP contribution in [0.4, 0.5) is 0 Å². The molecule has 0 saturated heterocycles. The second-order valence-electron chi connectivity index (χ2n) is 13.0. The molecule has 0 spiro atoms. The number of carbonyl (C=O) groups excluding carboxylic acids is 3. The second kappa shape index (κ2) is 7.26. The minimum Gasteiger partial charge on any atom is -0.299 e. The van der Waals surface area contributed by atoms with Crippen LogP contribution in [0.15, 0.2) is 0 Å². The predicted octanol–water partition coefficient (Wildman–Crippen LogP) is 6.14. The highest BCUT2D eigenvalue weighted by atomic mass is 16.2. The molecule has 0 aromatic heterocycles. The molecule has 0 aromatic carbocycles. The SMILES string of the molecule is CCC1CCC(C)C2C(=O)C3C(C)C4(C)C(=O)C(C(C)=O)C(C)CC4(C)CC3(C)CC12. The standard InChI is InChI=1S/C28H44O3/c1-9-19-11-10-15(2)22-20(19)13-26(6)14-27(7)12-16(3)21(18(5)29)25(31)28(27,8)17(4)23(26)24(22)30/h15-17,19-23H,9-14H2,1-8H3. The molecule has 4 fully saturated rings. The quantitative estimate of drug-likeness (QED) is 0.497. The van der Waals surface area contributed by atoms with Gasteiger partial charge in [0, 0.05) is 17.3 Å². The number of carbonyl (C=O) groups is 3. The van der Waals surface area contributed by atoms with Crippen molar-refractivity contribution >= 4 is 17.3 Å². The van der Waals surface area contributed by atoms with Crippen molar-refractivity contribution in [3.8, 4) is 0 Å². The largest absolute Gasteiger partial charge is 0.299 e. The first-order valence-electron chi connectivity index (χ1n) is 12.9. The summed E-state index contributed by atoms with van der Waals surface area (Å²) in [5.41, 5.74) is -0.806. The number of fused-ring (bicyclic) bond motifs is 3. The highest BCUT2D eigenvalue weighted by molar-refractivity contribution is 6.05. The molecule has 11 unspecified atom stereocenters. The van der Waals surface area contributed by atoms with E-state index in [4.69, 9.17) is 0 Å². The lowest BCUT2D eigenvalue weighted by atomic mass is 9.34. The van der Waals surface area contributed by atoms with E-state index in [9.17, 15) is 14.4 Å². The minimum atomic E-state index is -0.607. The molecule has 11 atom stereocenters. The van der Waals surface area contributed by atoms with Crippen LogP contribution in [0.5, 0.6) is 0 Å². The first-order chi connectivity index (χ1) is 14.3. The van der Waals surface area contributed by atoms with Gasteiger partial charge in [0.15, 0.2) is 0 Å². The van der Waals surface area contributed by atoms with Gasteiger partial charge in [-0.1, -0.05) is 54.9 Å². The molecule has 4 saturated carbocycles. The zero-order valence-electron chi connectivity index (χ0n) is 21.1. The van der Waals surface area contributed by atoms with Crippen LogP contribution in [0.1, 0.15) is 93.9 Å². The van der Waals surface area contributed by atoms with Crippen molar-refractivity contribution in [1.29, 1.82) is 0 Å². The summed E-state index contributed by atoms with van der Waals surface area (Å²) in [6.07, 6.45) is 6.55.